The number of benzene rings is 2. The first-order chi connectivity index (χ1) is 13.7. The van der Waals surface area contributed by atoms with E-state index in [2.05, 4.69) is 36.3 Å². The number of rotatable bonds is 5. The van der Waals surface area contributed by atoms with Gasteiger partial charge in [0.15, 0.2) is 0 Å². The maximum atomic E-state index is 12.7. The van der Waals surface area contributed by atoms with E-state index in [1.54, 1.807) is 0 Å². The first-order valence-electron chi connectivity index (χ1n) is 9.34. The number of nitrogens with zero attached hydrogens (tertiary/aromatic N) is 3. The topological polar surface area (TPSA) is 71.3 Å². The Morgan fingerprint density at radius 3 is 2.89 bits per heavy atom. The van der Waals surface area contributed by atoms with E-state index in [-0.39, 0.29) is 11.8 Å². The van der Waals surface area contributed by atoms with Gasteiger partial charge in [-0.2, -0.15) is 4.98 Å². The lowest BCUT2D eigenvalue weighted by molar-refractivity contribution is -0.121. The van der Waals surface area contributed by atoms with Gasteiger partial charge >= 0.3 is 0 Å². The minimum atomic E-state index is -0.0516. The summed E-state index contributed by atoms with van der Waals surface area (Å²) in [6.07, 6.45) is 1.85. The fourth-order valence-electron chi connectivity index (χ4n) is 3.44. The quantitative estimate of drug-likeness (QED) is 0.638. The molecular formula is C21H21BrN4O2. The summed E-state index contributed by atoms with van der Waals surface area (Å²) < 4.78 is 6.36. The van der Waals surface area contributed by atoms with E-state index in [1.807, 2.05) is 54.6 Å². The summed E-state index contributed by atoms with van der Waals surface area (Å²) in [6, 6.07) is 17.4. The summed E-state index contributed by atoms with van der Waals surface area (Å²) in [5.74, 6) is 1.17. The Morgan fingerprint density at radius 2 is 2.07 bits per heavy atom. The van der Waals surface area contributed by atoms with E-state index in [0.29, 0.717) is 24.8 Å². The van der Waals surface area contributed by atoms with Crippen molar-refractivity contribution in [3.05, 3.63) is 65.0 Å². The first kappa shape index (κ1) is 18.8. The minimum absolute atomic E-state index is 0.0516. The lowest BCUT2D eigenvalue weighted by Gasteiger charge is -2.30. The third kappa shape index (κ3) is 4.66. The van der Waals surface area contributed by atoms with E-state index in [0.717, 1.165) is 35.1 Å². The molecule has 1 atom stereocenters. The molecule has 144 valence electrons. The molecule has 0 saturated carbocycles. The number of piperidine rings is 1. The molecule has 28 heavy (non-hydrogen) atoms. The largest absolute Gasteiger partial charge is 0.338 e. The fourth-order valence-corrected chi connectivity index (χ4v) is 3.84. The van der Waals surface area contributed by atoms with Gasteiger partial charge in [0.25, 0.3) is 0 Å². The molecule has 2 heterocycles. The van der Waals surface area contributed by atoms with Crippen LogP contribution >= 0.6 is 15.9 Å². The highest BCUT2D eigenvalue weighted by Crippen LogP contribution is 2.22. The zero-order chi connectivity index (χ0) is 19.3. The van der Waals surface area contributed by atoms with Gasteiger partial charge in [-0.3, -0.25) is 9.69 Å². The van der Waals surface area contributed by atoms with Crippen LogP contribution in [-0.2, 0) is 11.3 Å². The van der Waals surface area contributed by atoms with E-state index in [4.69, 9.17) is 4.52 Å². The predicted molar refractivity (Wildman–Crippen MR) is 111 cm³/mol. The van der Waals surface area contributed by atoms with E-state index in [9.17, 15) is 4.79 Å². The molecule has 6 nitrogen and oxygen atoms in total. The van der Waals surface area contributed by atoms with Crippen LogP contribution in [0.5, 0.6) is 0 Å². The summed E-state index contributed by atoms with van der Waals surface area (Å²) in [5, 5.41) is 7.09. The van der Waals surface area contributed by atoms with Crippen LogP contribution in [0.15, 0.2) is 63.6 Å². The van der Waals surface area contributed by atoms with E-state index >= 15 is 0 Å². The van der Waals surface area contributed by atoms with Crippen LogP contribution in [0.4, 0.5) is 5.69 Å². The van der Waals surface area contributed by atoms with Gasteiger partial charge in [0.1, 0.15) is 0 Å². The van der Waals surface area contributed by atoms with Crippen molar-refractivity contribution in [1.29, 1.82) is 0 Å². The number of nitrogens with one attached hydrogen (secondary N) is 1. The van der Waals surface area contributed by atoms with Gasteiger partial charge in [0.2, 0.25) is 17.6 Å². The number of hydrogen-bond acceptors (Lipinski definition) is 5. The number of likely N-dealkylation sites (tertiary alicyclic amines) is 1. The second-order valence-electron chi connectivity index (χ2n) is 6.95. The maximum Gasteiger partial charge on any atom is 0.241 e. The summed E-state index contributed by atoms with van der Waals surface area (Å²) in [4.78, 5) is 19.4. The summed E-state index contributed by atoms with van der Waals surface area (Å²) >= 11 is 3.43. The first-order valence-corrected chi connectivity index (χ1v) is 10.1. The van der Waals surface area contributed by atoms with Crippen molar-refractivity contribution < 1.29 is 9.32 Å². The van der Waals surface area contributed by atoms with Gasteiger partial charge < -0.3 is 9.84 Å². The van der Waals surface area contributed by atoms with Gasteiger partial charge in [0.05, 0.1) is 12.5 Å². The number of hydrogen-bond donors (Lipinski definition) is 1. The van der Waals surface area contributed by atoms with Gasteiger partial charge in [-0.15, -0.1) is 0 Å². The Kier molecular flexibility index (Phi) is 5.83. The number of carbonyl (C=O) groups excluding carboxylic acids is 1. The molecule has 4 rings (SSSR count). The van der Waals surface area contributed by atoms with Crippen LogP contribution in [-0.4, -0.2) is 34.0 Å². The SMILES string of the molecule is O=C(Nc1cccc(Br)c1)C1CCCN(Cc2nc(-c3ccccc3)no2)C1. The Hall–Kier alpha value is -2.51. The number of amides is 1. The van der Waals surface area contributed by atoms with Crippen molar-refractivity contribution in [2.24, 2.45) is 5.92 Å². The molecular weight excluding hydrogens is 420 g/mol. The molecule has 1 aliphatic rings. The Balaban J connectivity index is 1.36. The second kappa shape index (κ2) is 8.67. The second-order valence-corrected chi connectivity index (χ2v) is 7.87. The van der Waals surface area contributed by atoms with E-state index in [1.165, 1.54) is 0 Å². The zero-order valence-corrected chi connectivity index (χ0v) is 16.9. The van der Waals surface area contributed by atoms with Gasteiger partial charge in [-0.05, 0) is 37.6 Å². The lowest BCUT2D eigenvalue weighted by atomic mass is 9.97. The standard InChI is InChI=1S/C21H21BrN4O2/c22-17-9-4-10-18(12-17)23-21(27)16-8-5-11-26(13-16)14-19-24-20(25-28-19)15-6-2-1-3-7-15/h1-4,6-7,9-10,12,16H,5,8,11,13-14H2,(H,23,27). The van der Waals surface area contributed by atoms with Gasteiger partial charge in [0, 0.05) is 22.3 Å². The maximum absolute atomic E-state index is 12.7. The van der Waals surface area contributed by atoms with Crippen LogP contribution in [0, 0.1) is 5.92 Å². The normalized spacial score (nSPS) is 17.4. The average Bonchev–Trinajstić information content (AvgIpc) is 3.17. The highest BCUT2D eigenvalue weighted by Gasteiger charge is 2.27. The molecule has 0 bridgehead atoms. The van der Waals surface area contributed by atoms with Crippen molar-refractivity contribution in [2.45, 2.75) is 19.4 Å². The summed E-state index contributed by atoms with van der Waals surface area (Å²) in [6.45, 7) is 2.16. The van der Waals surface area contributed by atoms with Crippen molar-refractivity contribution in [1.82, 2.24) is 15.0 Å². The number of halogens is 1. The van der Waals surface area contributed by atoms with Crippen LogP contribution in [0.2, 0.25) is 0 Å². The van der Waals surface area contributed by atoms with Crippen molar-refractivity contribution in [3.8, 4) is 11.4 Å². The molecule has 3 aromatic rings. The van der Waals surface area contributed by atoms with Crippen LogP contribution in [0.1, 0.15) is 18.7 Å². The van der Waals surface area contributed by atoms with Gasteiger partial charge in [-0.1, -0.05) is 57.5 Å². The molecule has 1 unspecified atom stereocenters. The van der Waals surface area contributed by atoms with Crippen molar-refractivity contribution in [3.63, 3.8) is 0 Å². The van der Waals surface area contributed by atoms with Crippen LogP contribution < -0.4 is 5.32 Å². The fraction of sp³-hybridized carbons (Fsp3) is 0.286. The monoisotopic (exact) mass is 440 g/mol. The number of aromatic nitrogens is 2. The minimum Gasteiger partial charge on any atom is -0.338 e. The molecule has 1 aliphatic heterocycles. The highest BCUT2D eigenvalue weighted by molar-refractivity contribution is 9.10. The Bertz CT molecular complexity index is 944. The smallest absolute Gasteiger partial charge is 0.241 e. The zero-order valence-electron chi connectivity index (χ0n) is 15.3. The molecule has 1 saturated heterocycles. The predicted octanol–water partition coefficient (Wildman–Crippen LogP) is 4.35. The third-order valence-electron chi connectivity index (χ3n) is 4.83. The lowest BCUT2D eigenvalue weighted by Crippen LogP contribution is -2.40. The molecule has 0 aliphatic carbocycles. The number of carbonyl (C=O) groups is 1. The molecule has 1 amide bonds. The molecule has 1 aromatic heterocycles. The third-order valence-corrected chi connectivity index (χ3v) is 5.32. The molecule has 2 aromatic carbocycles. The Labute approximate surface area is 172 Å². The average molecular weight is 441 g/mol. The summed E-state index contributed by atoms with van der Waals surface area (Å²) in [7, 11) is 0. The molecule has 7 heteroatoms. The van der Waals surface area contributed by atoms with E-state index < -0.39 is 0 Å². The van der Waals surface area contributed by atoms with Crippen LogP contribution in [0.25, 0.3) is 11.4 Å². The molecule has 1 N–H and O–H groups in total. The molecule has 0 radical (unpaired) electrons. The Morgan fingerprint density at radius 1 is 1.21 bits per heavy atom. The molecule has 0 spiro atoms. The number of anilines is 1. The van der Waals surface area contributed by atoms with Gasteiger partial charge in [-0.25, -0.2) is 0 Å². The summed E-state index contributed by atoms with van der Waals surface area (Å²) in [5.41, 5.74) is 1.74. The van der Waals surface area contributed by atoms with Crippen molar-refractivity contribution >= 4 is 27.5 Å². The van der Waals surface area contributed by atoms with Crippen molar-refractivity contribution in [2.75, 3.05) is 18.4 Å². The van der Waals surface area contributed by atoms with Crippen LogP contribution in [0.3, 0.4) is 0 Å². The highest BCUT2D eigenvalue weighted by atomic mass is 79.9. The molecule has 1 fully saturated rings.